The van der Waals surface area contributed by atoms with E-state index in [1.807, 2.05) is 6.92 Å². The lowest BCUT2D eigenvalue weighted by molar-refractivity contribution is 0.0250. The Balaban J connectivity index is 3.46. The number of rotatable bonds is 9. The van der Waals surface area contributed by atoms with Gasteiger partial charge in [0.1, 0.15) is 0 Å². The number of nitrogens with one attached hydrogen (secondary N) is 1. The summed E-state index contributed by atoms with van der Waals surface area (Å²) >= 11 is 0. The van der Waals surface area contributed by atoms with Gasteiger partial charge in [-0.05, 0) is 13.8 Å². The van der Waals surface area contributed by atoms with Crippen LogP contribution in [0.15, 0.2) is 0 Å². The van der Waals surface area contributed by atoms with Gasteiger partial charge in [-0.15, -0.1) is 0 Å². The highest BCUT2D eigenvalue weighted by atomic mass is 16.5. The molecule has 2 atom stereocenters. The molecule has 0 saturated carbocycles. The predicted octanol–water partition coefficient (Wildman–Crippen LogP) is 0.662. The molecule has 14 heavy (non-hydrogen) atoms. The van der Waals surface area contributed by atoms with Gasteiger partial charge in [0, 0.05) is 33.4 Å². The predicted molar refractivity (Wildman–Crippen MR) is 56.6 cm³/mol. The van der Waals surface area contributed by atoms with Crippen LogP contribution in [-0.2, 0) is 14.2 Å². The van der Waals surface area contributed by atoms with Crippen LogP contribution in [0.2, 0.25) is 0 Å². The third-order valence-corrected chi connectivity index (χ3v) is 1.95. The summed E-state index contributed by atoms with van der Waals surface area (Å²) in [4.78, 5) is 0. The second kappa shape index (κ2) is 9.40. The van der Waals surface area contributed by atoms with E-state index < -0.39 is 0 Å². The van der Waals surface area contributed by atoms with Crippen LogP contribution in [0.25, 0.3) is 0 Å². The first-order chi connectivity index (χ1) is 6.74. The van der Waals surface area contributed by atoms with Gasteiger partial charge in [0.15, 0.2) is 0 Å². The first-order valence-corrected chi connectivity index (χ1v) is 5.07. The average molecular weight is 205 g/mol. The zero-order valence-corrected chi connectivity index (χ0v) is 9.71. The van der Waals surface area contributed by atoms with Crippen molar-refractivity contribution in [2.24, 2.45) is 0 Å². The van der Waals surface area contributed by atoms with Crippen molar-refractivity contribution < 1.29 is 14.2 Å². The fourth-order valence-corrected chi connectivity index (χ4v) is 1.08. The molecule has 1 N–H and O–H groups in total. The molecule has 0 aromatic heterocycles. The number of methoxy groups -OCH3 is 2. The van der Waals surface area contributed by atoms with Gasteiger partial charge in [0.25, 0.3) is 0 Å². The van der Waals surface area contributed by atoms with Crippen molar-refractivity contribution in [3.8, 4) is 0 Å². The maximum absolute atomic E-state index is 5.29. The van der Waals surface area contributed by atoms with Crippen LogP contribution in [0.4, 0.5) is 0 Å². The fourth-order valence-electron chi connectivity index (χ4n) is 1.08. The number of ether oxygens (including phenoxy) is 3. The van der Waals surface area contributed by atoms with Crippen LogP contribution in [0.1, 0.15) is 13.8 Å². The van der Waals surface area contributed by atoms with Gasteiger partial charge < -0.3 is 19.5 Å². The highest BCUT2D eigenvalue weighted by molar-refractivity contribution is 4.65. The Morgan fingerprint density at radius 1 is 1.21 bits per heavy atom. The van der Waals surface area contributed by atoms with Crippen LogP contribution in [-0.4, -0.2) is 52.7 Å². The van der Waals surface area contributed by atoms with Crippen LogP contribution in [0.3, 0.4) is 0 Å². The summed E-state index contributed by atoms with van der Waals surface area (Å²) in [5, 5.41) is 3.32. The summed E-state index contributed by atoms with van der Waals surface area (Å²) in [5.41, 5.74) is 0. The van der Waals surface area contributed by atoms with E-state index in [-0.39, 0.29) is 6.10 Å². The minimum Gasteiger partial charge on any atom is -0.382 e. The van der Waals surface area contributed by atoms with E-state index in [2.05, 4.69) is 12.2 Å². The van der Waals surface area contributed by atoms with E-state index in [1.165, 1.54) is 0 Å². The summed E-state index contributed by atoms with van der Waals surface area (Å²) in [7, 11) is 3.37. The standard InChI is InChI=1S/C10H23NO3/c1-5-14-7-9(2)11-6-10(13-4)8-12-3/h9-11H,5-8H2,1-4H3. The molecule has 0 aliphatic heterocycles. The molecule has 0 bridgehead atoms. The van der Waals surface area contributed by atoms with Gasteiger partial charge in [-0.2, -0.15) is 0 Å². The average Bonchev–Trinajstić information content (AvgIpc) is 2.21. The molecule has 4 heteroatoms. The Labute approximate surface area is 86.9 Å². The molecule has 0 amide bonds. The SMILES string of the molecule is CCOCC(C)NCC(COC)OC. The van der Waals surface area contributed by atoms with E-state index >= 15 is 0 Å². The lowest BCUT2D eigenvalue weighted by atomic mass is 10.3. The van der Waals surface area contributed by atoms with Crippen molar-refractivity contribution in [2.45, 2.75) is 26.0 Å². The van der Waals surface area contributed by atoms with Crippen molar-refractivity contribution in [1.82, 2.24) is 5.32 Å². The van der Waals surface area contributed by atoms with Crippen molar-refractivity contribution in [1.29, 1.82) is 0 Å². The van der Waals surface area contributed by atoms with Crippen LogP contribution in [0.5, 0.6) is 0 Å². The molecule has 0 aromatic rings. The molecule has 2 unspecified atom stereocenters. The zero-order valence-electron chi connectivity index (χ0n) is 9.71. The first-order valence-electron chi connectivity index (χ1n) is 5.07. The molecule has 0 aliphatic rings. The summed E-state index contributed by atoms with van der Waals surface area (Å²) in [6.45, 7) is 6.99. The lowest BCUT2D eigenvalue weighted by Crippen LogP contribution is -2.39. The molecule has 4 nitrogen and oxygen atoms in total. The Morgan fingerprint density at radius 2 is 1.93 bits per heavy atom. The van der Waals surface area contributed by atoms with Gasteiger partial charge >= 0.3 is 0 Å². The van der Waals surface area contributed by atoms with Crippen LogP contribution in [0, 0.1) is 0 Å². The fraction of sp³-hybridized carbons (Fsp3) is 1.00. The highest BCUT2D eigenvalue weighted by Crippen LogP contribution is 1.91. The minimum absolute atomic E-state index is 0.115. The maximum atomic E-state index is 5.29. The van der Waals surface area contributed by atoms with Crippen LogP contribution < -0.4 is 5.32 Å². The Morgan fingerprint density at radius 3 is 2.43 bits per heavy atom. The quantitative estimate of drug-likeness (QED) is 0.600. The van der Waals surface area contributed by atoms with Crippen molar-refractivity contribution in [3.63, 3.8) is 0 Å². The Bertz CT molecular complexity index is 122. The molecule has 0 saturated heterocycles. The Kier molecular flexibility index (Phi) is 9.29. The topological polar surface area (TPSA) is 39.7 Å². The van der Waals surface area contributed by atoms with Gasteiger partial charge in [-0.3, -0.25) is 0 Å². The Hall–Kier alpha value is -0.160. The van der Waals surface area contributed by atoms with E-state index in [4.69, 9.17) is 14.2 Å². The van der Waals surface area contributed by atoms with E-state index in [9.17, 15) is 0 Å². The number of hydrogen-bond acceptors (Lipinski definition) is 4. The summed E-state index contributed by atoms with van der Waals surface area (Å²) in [6, 6.07) is 0.351. The second-order valence-corrected chi connectivity index (χ2v) is 3.28. The van der Waals surface area contributed by atoms with Crippen molar-refractivity contribution in [3.05, 3.63) is 0 Å². The maximum Gasteiger partial charge on any atom is 0.0928 e. The van der Waals surface area contributed by atoms with E-state index in [0.29, 0.717) is 12.6 Å². The van der Waals surface area contributed by atoms with Crippen LogP contribution >= 0.6 is 0 Å². The highest BCUT2D eigenvalue weighted by Gasteiger charge is 2.08. The van der Waals surface area contributed by atoms with Gasteiger partial charge in [0.2, 0.25) is 0 Å². The molecule has 86 valence electrons. The van der Waals surface area contributed by atoms with Crippen molar-refractivity contribution >= 4 is 0 Å². The zero-order chi connectivity index (χ0) is 10.8. The largest absolute Gasteiger partial charge is 0.382 e. The third kappa shape index (κ3) is 7.26. The molecule has 0 spiro atoms. The molecule has 0 heterocycles. The van der Waals surface area contributed by atoms with E-state index in [1.54, 1.807) is 14.2 Å². The van der Waals surface area contributed by atoms with Gasteiger partial charge in [0.05, 0.1) is 19.3 Å². The third-order valence-electron chi connectivity index (χ3n) is 1.95. The summed E-state index contributed by atoms with van der Waals surface area (Å²) < 4.78 is 15.5. The normalized spacial score (nSPS) is 15.4. The second-order valence-electron chi connectivity index (χ2n) is 3.28. The lowest BCUT2D eigenvalue weighted by Gasteiger charge is -2.18. The van der Waals surface area contributed by atoms with Gasteiger partial charge in [-0.1, -0.05) is 0 Å². The molecule has 0 fully saturated rings. The first kappa shape index (κ1) is 13.8. The molecule has 0 rings (SSSR count). The van der Waals surface area contributed by atoms with E-state index in [0.717, 1.165) is 19.8 Å². The molecular formula is C10H23NO3. The monoisotopic (exact) mass is 205 g/mol. The van der Waals surface area contributed by atoms with Crippen molar-refractivity contribution in [2.75, 3.05) is 40.6 Å². The molecule has 0 radical (unpaired) electrons. The smallest absolute Gasteiger partial charge is 0.0928 e. The number of hydrogen-bond donors (Lipinski definition) is 1. The summed E-state index contributed by atoms with van der Waals surface area (Å²) in [6.07, 6.45) is 0.115. The minimum atomic E-state index is 0.115. The van der Waals surface area contributed by atoms with Gasteiger partial charge in [-0.25, -0.2) is 0 Å². The molecule has 0 aliphatic carbocycles. The molecule has 0 aromatic carbocycles. The molecular weight excluding hydrogens is 182 g/mol. The summed E-state index contributed by atoms with van der Waals surface area (Å²) in [5.74, 6) is 0.